The van der Waals surface area contributed by atoms with Gasteiger partial charge in [0.15, 0.2) is 5.65 Å². The first-order valence-electron chi connectivity index (χ1n) is 9.30. The highest BCUT2D eigenvalue weighted by Gasteiger charge is 2.20. The SMILES string of the molecule is CN1CCN(c2nc(NCc3ccc(S(N)(=O)=O)cc3)c3cnn(C)c3n2)CC1. The maximum Gasteiger partial charge on any atom is 0.238 e. The number of nitrogens with zero attached hydrogens (tertiary/aromatic N) is 6. The van der Waals surface area contributed by atoms with Crippen LogP contribution in [0.4, 0.5) is 11.8 Å². The van der Waals surface area contributed by atoms with Gasteiger partial charge < -0.3 is 15.1 Å². The first-order chi connectivity index (χ1) is 13.8. The van der Waals surface area contributed by atoms with Gasteiger partial charge in [-0.2, -0.15) is 15.1 Å². The molecule has 1 aromatic carbocycles. The van der Waals surface area contributed by atoms with Gasteiger partial charge in [-0.15, -0.1) is 0 Å². The minimum Gasteiger partial charge on any atom is -0.365 e. The Bertz CT molecular complexity index is 1120. The molecule has 0 unspecified atom stereocenters. The lowest BCUT2D eigenvalue weighted by molar-refractivity contribution is 0.311. The number of nitrogens with one attached hydrogen (secondary N) is 1. The quantitative estimate of drug-likeness (QED) is 0.612. The molecule has 1 aliphatic heterocycles. The van der Waals surface area contributed by atoms with Crippen LogP contribution in [0.2, 0.25) is 0 Å². The molecule has 3 N–H and O–H groups in total. The lowest BCUT2D eigenvalue weighted by Crippen LogP contribution is -2.45. The third-order valence-electron chi connectivity index (χ3n) is 5.08. The minimum absolute atomic E-state index is 0.0929. The lowest BCUT2D eigenvalue weighted by atomic mass is 10.2. The Labute approximate surface area is 169 Å². The van der Waals surface area contributed by atoms with E-state index in [0.717, 1.165) is 42.8 Å². The number of likely N-dealkylation sites (N-methyl/N-ethyl adjacent to an activating group) is 1. The summed E-state index contributed by atoms with van der Waals surface area (Å²) in [4.78, 5) is 14.0. The van der Waals surface area contributed by atoms with Gasteiger partial charge in [-0.25, -0.2) is 13.6 Å². The Balaban J connectivity index is 1.59. The molecular formula is C18H24N8O2S. The van der Waals surface area contributed by atoms with E-state index in [4.69, 9.17) is 15.1 Å². The summed E-state index contributed by atoms with van der Waals surface area (Å²) < 4.78 is 24.6. The van der Waals surface area contributed by atoms with Gasteiger partial charge in [0.2, 0.25) is 16.0 Å². The van der Waals surface area contributed by atoms with E-state index < -0.39 is 10.0 Å². The average molecular weight is 417 g/mol. The molecule has 3 aromatic rings. The standard InChI is InChI=1S/C18H24N8O2S/c1-24-7-9-26(10-8-24)18-22-16(15-12-21-25(2)17(15)23-18)20-11-13-3-5-14(6-4-13)29(19,27)28/h3-6,12H,7-11H2,1-2H3,(H2,19,27,28)(H,20,22,23). The molecule has 0 amide bonds. The Morgan fingerprint density at radius 2 is 1.76 bits per heavy atom. The van der Waals surface area contributed by atoms with Crippen molar-refractivity contribution >= 4 is 32.8 Å². The zero-order chi connectivity index (χ0) is 20.6. The third kappa shape index (κ3) is 4.16. The monoisotopic (exact) mass is 416 g/mol. The number of nitrogens with two attached hydrogens (primary N) is 1. The predicted molar refractivity (Wildman–Crippen MR) is 111 cm³/mol. The molecule has 0 bridgehead atoms. The lowest BCUT2D eigenvalue weighted by Gasteiger charge is -2.32. The van der Waals surface area contributed by atoms with Crippen molar-refractivity contribution in [3.63, 3.8) is 0 Å². The molecule has 11 heteroatoms. The highest BCUT2D eigenvalue weighted by molar-refractivity contribution is 7.89. The van der Waals surface area contributed by atoms with Gasteiger partial charge in [-0.1, -0.05) is 12.1 Å². The van der Waals surface area contributed by atoms with E-state index in [2.05, 4.69) is 27.3 Å². The third-order valence-corrected chi connectivity index (χ3v) is 6.01. The number of piperazine rings is 1. The Morgan fingerprint density at radius 1 is 1.07 bits per heavy atom. The smallest absolute Gasteiger partial charge is 0.238 e. The molecule has 0 radical (unpaired) electrons. The van der Waals surface area contributed by atoms with Crippen LogP contribution in [0.15, 0.2) is 35.4 Å². The van der Waals surface area contributed by atoms with Gasteiger partial charge in [0.1, 0.15) is 5.82 Å². The van der Waals surface area contributed by atoms with Crippen LogP contribution >= 0.6 is 0 Å². The van der Waals surface area contributed by atoms with Crippen LogP contribution in [0.3, 0.4) is 0 Å². The van der Waals surface area contributed by atoms with Gasteiger partial charge in [-0.3, -0.25) is 4.68 Å². The second-order valence-electron chi connectivity index (χ2n) is 7.21. The molecule has 0 spiro atoms. The van der Waals surface area contributed by atoms with Crippen molar-refractivity contribution in [3.8, 4) is 0 Å². The van der Waals surface area contributed by atoms with Gasteiger partial charge >= 0.3 is 0 Å². The van der Waals surface area contributed by atoms with E-state index in [-0.39, 0.29) is 4.90 Å². The molecule has 1 aliphatic rings. The maximum atomic E-state index is 11.4. The number of fused-ring (bicyclic) bond motifs is 1. The molecule has 0 aliphatic carbocycles. The fourth-order valence-electron chi connectivity index (χ4n) is 3.28. The number of hydrogen-bond donors (Lipinski definition) is 2. The average Bonchev–Trinajstić information content (AvgIpc) is 3.07. The van der Waals surface area contributed by atoms with E-state index in [9.17, 15) is 8.42 Å². The molecule has 1 saturated heterocycles. The van der Waals surface area contributed by atoms with Crippen LogP contribution in [0.5, 0.6) is 0 Å². The van der Waals surface area contributed by atoms with Crippen LogP contribution < -0.4 is 15.4 Å². The van der Waals surface area contributed by atoms with Gasteiger partial charge in [0, 0.05) is 39.8 Å². The number of anilines is 2. The largest absolute Gasteiger partial charge is 0.365 e. The van der Waals surface area contributed by atoms with Gasteiger partial charge in [0.05, 0.1) is 16.5 Å². The summed E-state index contributed by atoms with van der Waals surface area (Å²) in [5.41, 5.74) is 1.68. The molecule has 0 saturated carbocycles. The molecule has 1 fully saturated rings. The summed E-state index contributed by atoms with van der Waals surface area (Å²) in [7, 11) is 0.272. The minimum atomic E-state index is -3.70. The number of benzene rings is 1. The normalized spacial score (nSPS) is 15.8. The summed E-state index contributed by atoms with van der Waals surface area (Å²) in [6.45, 7) is 4.15. The number of rotatable bonds is 5. The van der Waals surface area contributed by atoms with Crippen molar-refractivity contribution in [1.82, 2.24) is 24.6 Å². The van der Waals surface area contributed by atoms with Crippen molar-refractivity contribution in [2.45, 2.75) is 11.4 Å². The van der Waals surface area contributed by atoms with E-state index in [1.165, 1.54) is 12.1 Å². The van der Waals surface area contributed by atoms with Gasteiger partial charge in [0.25, 0.3) is 0 Å². The van der Waals surface area contributed by atoms with Crippen molar-refractivity contribution in [3.05, 3.63) is 36.0 Å². The van der Waals surface area contributed by atoms with Crippen LogP contribution in [0, 0.1) is 0 Å². The number of sulfonamides is 1. The zero-order valence-corrected chi connectivity index (χ0v) is 17.2. The van der Waals surface area contributed by atoms with Crippen LogP contribution in [0.25, 0.3) is 11.0 Å². The first-order valence-corrected chi connectivity index (χ1v) is 10.8. The molecule has 29 heavy (non-hydrogen) atoms. The molecule has 154 valence electrons. The summed E-state index contributed by atoms with van der Waals surface area (Å²) in [6.07, 6.45) is 1.75. The van der Waals surface area contributed by atoms with Crippen LogP contribution in [-0.2, 0) is 23.6 Å². The fraction of sp³-hybridized carbons (Fsp3) is 0.389. The summed E-state index contributed by atoms with van der Waals surface area (Å²) in [6, 6.07) is 6.47. The van der Waals surface area contributed by atoms with Crippen molar-refractivity contribution in [2.75, 3.05) is 43.4 Å². The van der Waals surface area contributed by atoms with Crippen molar-refractivity contribution in [2.24, 2.45) is 12.2 Å². The molecule has 10 nitrogen and oxygen atoms in total. The van der Waals surface area contributed by atoms with E-state index in [0.29, 0.717) is 18.3 Å². The second-order valence-corrected chi connectivity index (χ2v) is 8.77. The number of aromatic nitrogens is 4. The molecular weight excluding hydrogens is 392 g/mol. The summed E-state index contributed by atoms with van der Waals surface area (Å²) in [5.74, 6) is 1.38. The number of primary sulfonamides is 1. The second kappa shape index (κ2) is 7.58. The Hall–Kier alpha value is -2.76. The highest BCUT2D eigenvalue weighted by atomic mass is 32.2. The number of aryl methyl sites for hydroxylation is 1. The summed E-state index contributed by atoms with van der Waals surface area (Å²) >= 11 is 0. The van der Waals surface area contributed by atoms with Crippen molar-refractivity contribution in [1.29, 1.82) is 0 Å². The Kier molecular flexibility index (Phi) is 5.11. The highest BCUT2D eigenvalue weighted by Crippen LogP contribution is 2.24. The van der Waals surface area contributed by atoms with E-state index in [1.54, 1.807) is 23.0 Å². The predicted octanol–water partition coefficient (Wildman–Crippen LogP) is 0.375. The topological polar surface area (TPSA) is 122 Å². The molecule has 2 aromatic heterocycles. The summed E-state index contributed by atoms with van der Waals surface area (Å²) in [5, 5.41) is 13.7. The van der Waals surface area contributed by atoms with Crippen LogP contribution in [0.1, 0.15) is 5.56 Å². The Morgan fingerprint density at radius 3 is 2.41 bits per heavy atom. The van der Waals surface area contributed by atoms with Crippen LogP contribution in [-0.4, -0.2) is 66.3 Å². The molecule has 3 heterocycles. The fourth-order valence-corrected chi connectivity index (χ4v) is 3.79. The zero-order valence-electron chi connectivity index (χ0n) is 16.4. The van der Waals surface area contributed by atoms with Crippen molar-refractivity contribution < 1.29 is 8.42 Å². The van der Waals surface area contributed by atoms with E-state index in [1.807, 2.05) is 7.05 Å². The maximum absolute atomic E-state index is 11.4. The number of hydrogen-bond acceptors (Lipinski definition) is 8. The molecule has 4 rings (SSSR count). The molecule has 0 atom stereocenters. The first kappa shape index (κ1) is 19.6. The van der Waals surface area contributed by atoms with E-state index >= 15 is 0 Å². The van der Waals surface area contributed by atoms with Gasteiger partial charge in [-0.05, 0) is 24.7 Å².